The summed E-state index contributed by atoms with van der Waals surface area (Å²) in [5.74, 6) is 2.63. The van der Waals surface area contributed by atoms with Crippen LogP contribution in [0.2, 0.25) is 0 Å². The second-order valence-electron chi connectivity index (χ2n) is 9.13. The minimum absolute atomic E-state index is 0.198. The number of aromatic nitrogens is 2. The summed E-state index contributed by atoms with van der Waals surface area (Å²) in [6.45, 7) is 0.440. The molecule has 40 heavy (non-hydrogen) atoms. The highest BCUT2D eigenvalue weighted by atomic mass is 16.7. The molecule has 3 heterocycles. The average Bonchev–Trinajstić information content (AvgIpc) is 3.62. The number of para-hydroxylation sites is 1. The van der Waals surface area contributed by atoms with Gasteiger partial charge in [0.15, 0.2) is 23.0 Å². The predicted octanol–water partition coefficient (Wildman–Crippen LogP) is 5.47. The molecule has 3 aromatic carbocycles. The number of nitrogens with one attached hydrogen (secondary N) is 2. The number of carbonyl (C=O) groups is 1. The summed E-state index contributed by atoms with van der Waals surface area (Å²) >= 11 is 0. The normalized spacial score (nSPS) is 12.3. The number of H-pyrrole nitrogens is 1. The van der Waals surface area contributed by atoms with Gasteiger partial charge in [-0.2, -0.15) is 0 Å². The SMILES string of the molecule is COc1cc(/C=C/C(=O)NCc2cc3c([nH]c4ccccc43)c(-c3ccc4c(c3)OCO4)n2)cc(OC)c1OC. The van der Waals surface area contributed by atoms with Crippen LogP contribution < -0.4 is 29.0 Å². The Kier molecular flexibility index (Phi) is 6.61. The van der Waals surface area contributed by atoms with Crippen LogP contribution in [0.4, 0.5) is 0 Å². The van der Waals surface area contributed by atoms with Crippen molar-refractivity contribution in [1.29, 1.82) is 0 Å². The van der Waals surface area contributed by atoms with Gasteiger partial charge in [-0.05, 0) is 54.1 Å². The van der Waals surface area contributed by atoms with E-state index in [4.69, 9.17) is 28.7 Å². The number of methoxy groups -OCH3 is 3. The first-order valence-electron chi connectivity index (χ1n) is 12.6. The molecule has 0 spiro atoms. The molecule has 9 nitrogen and oxygen atoms in total. The van der Waals surface area contributed by atoms with Crippen LogP contribution in [0, 0.1) is 0 Å². The number of pyridine rings is 1. The van der Waals surface area contributed by atoms with Gasteiger partial charge in [0.2, 0.25) is 18.4 Å². The van der Waals surface area contributed by atoms with Gasteiger partial charge in [-0.3, -0.25) is 4.79 Å². The van der Waals surface area contributed by atoms with E-state index in [2.05, 4.69) is 16.4 Å². The van der Waals surface area contributed by atoms with Crippen LogP contribution in [0.15, 0.2) is 66.7 Å². The predicted molar refractivity (Wildman–Crippen MR) is 152 cm³/mol. The fourth-order valence-electron chi connectivity index (χ4n) is 4.85. The first kappa shape index (κ1) is 25.1. The molecule has 0 fully saturated rings. The largest absolute Gasteiger partial charge is 0.493 e. The molecule has 1 aliphatic heterocycles. The van der Waals surface area contributed by atoms with Crippen molar-refractivity contribution in [2.24, 2.45) is 0 Å². The zero-order valence-electron chi connectivity index (χ0n) is 22.2. The number of hydrogen-bond acceptors (Lipinski definition) is 7. The van der Waals surface area contributed by atoms with E-state index in [0.717, 1.165) is 44.3 Å². The summed E-state index contributed by atoms with van der Waals surface area (Å²) in [4.78, 5) is 21.2. The number of ether oxygens (including phenoxy) is 5. The van der Waals surface area contributed by atoms with Crippen LogP contribution in [0.1, 0.15) is 11.3 Å². The Morgan fingerprint density at radius 1 is 0.950 bits per heavy atom. The first-order chi connectivity index (χ1) is 19.6. The van der Waals surface area contributed by atoms with Gasteiger partial charge < -0.3 is 34.0 Å². The third-order valence-electron chi connectivity index (χ3n) is 6.75. The lowest BCUT2D eigenvalue weighted by Crippen LogP contribution is -2.21. The quantitative estimate of drug-likeness (QED) is 0.253. The molecule has 202 valence electrons. The molecule has 1 aliphatic rings. The van der Waals surface area contributed by atoms with Crippen molar-refractivity contribution in [3.05, 3.63) is 78.0 Å². The molecule has 0 saturated heterocycles. The van der Waals surface area contributed by atoms with E-state index >= 15 is 0 Å². The molecule has 2 N–H and O–H groups in total. The van der Waals surface area contributed by atoms with Gasteiger partial charge in [0.25, 0.3) is 0 Å². The minimum Gasteiger partial charge on any atom is -0.493 e. The summed E-state index contributed by atoms with van der Waals surface area (Å²) < 4.78 is 27.2. The number of rotatable bonds is 8. The van der Waals surface area contributed by atoms with Crippen molar-refractivity contribution >= 4 is 33.8 Å². The third kappa shape index (κ3) is 4.62. The highest BCUT2D eigenvalue weighted by Crippen LogP contribution is 2.40. The molecule has 9 heteroatoms. The van der Waals surface area contributed by atoms with E-state index in [1.807, 2.05) is 42.5 Å². The van der Waals surface area contributed by atoms with E-state index in [0.29, 0.717) is 28.7 Å². The summed E-state index contributed by atoms with van der Waals surface area (Å²) in [7, 11) is 4.64. The molecule has 0 radical (unpaired) electrons. The number of nitrogens with zero attached hydrogens (tertiary/aromatic N) is 1. The van der Waals surface area contributed by atoms with Gasteiger partial charge in [0, 0.05) is 27.9 Å². The molecule has 0 saturated carbocycles. The summed E-state index contributed by atoms with van der Waals surface area (Å²) in [5, 5.41) is 5.05. The Balaban J connectivity index is 1.29. The monoisotopic (exact) mass is 537 g/mol. The summed E-state index contributed by atoms with van der Waals surface area (Å²) in [6, 6.07) is 19.4. The molecule has 6 rings (SSSR count). The third-order valence-corrected chi connectivity index (χ3v) is 6.75. The van der Waals surface area contributed by atoms with Crippen LogP contribution in [0.5, 0.6) is 28.7 Å². The van der Waals surface area contributed by atoms with Crippen molar-refractivity contribution in [2.45, 2.75) is 6.54 Å². The smallest absolute Gasteiger partial charge is 0.244 e. The number of amides is 1. The van der Waals surface area contributed by atoms with Crippen molar-refractivity contribution in [2.75, 3.05) is 28.1 Å². The Hall–Kier alpha value is -5.18. The standard InChI is InChI=1S/C31H27N3O6/c1-36-26-12-18(13-27(37-2)31(26)38-3)8-11-28(35)32-16-20-15-22-21-6-4-5-7-23(21)34-30(22)29(33-20)19-9-10-24-25(14-19)40-17-39-24/h4-15,34H,16-17H2,1-3H3,(H,32,35)/b11-8+. The number of benzene rings is 3. The molecule has 0 unspecified atom stereocenters. The Morgan fingerprint density at radius 2 is 1.73 bits per heavy atom. The van der Waals surface area contributed by atoms with Crippen molar-refractivity contribution in [3.8, 4) is 40.0 Å². The summed E-state index contributed by atoms with van der Waals surface area (Å²) in [6.07, 6.45) is 3.15. The minimum atomic E-state index is -0.265. The molecular formula is C31H27N3O6. The lowest BCUT2D eigenvalue weighted by atomic mass is 10.1. The van der Waals surface area contributed by atoms with Crippen LogP contribution in [-0.4, -0.2) is 44.0 Å². The Labute approximate surface area is 230 Å². The van der Waals surface area contributed by atoms with Crippen LogP contribution >= 0.6 is 0 Å². The van der Waals surface area contributed by atoms with Gasteiger partial charge in [0.1, 0.15) is 0 Å². The van der Waals surface area contributed by atoms with Crippen molar-refractivity contribution < 1.29 is 28.5 Å². The molecule has 1 amide bonds. The molecular weight excluding hydrogens is 510 g/mol. The fraction of sp³-hybridized carbons (Fsp3) is 0.161. The zero-order valence-corrected chi connectivity index (χ0v) is 22.2. The topological polar surface area (TPSA) is 104 Å². The van der Waals surface area contributed by atoms with Gasteiger partial charge in [0.05, 0.1) is 44.8 Å². The van der Waals surface area contributed by atoms with Gasteiger partial charge in [-0.25, -0.2) is 4.98 Å². The maximum Gasteiger partial charge on any atom is 0.244 e. The van der Waals surface area contributed by atoms with E-state index < -0.39 is 0 Å². The van der Waals surface area contributed by atoms with Crippen LogP contribution in [0.3, 0.4) is 0 Å². The van der Waals surface area contributed by atoms with Gasteiger partial charge in [-0.15, -0.1) is 0 Å². The van der Waals surface area contributed by atoms with E-state index in [1.165, 1.54) is 6.08 Å². The van der Waals surface area contributed by atoms with E-state index in [1.54, 1.807) is 39.5 Å². The van der Waals surface area contributed by atoms with E-state index in [9.17, 15) is 4.79 Å². The Bertz CT molecular complexity index is 1750. The second kappa shape index (κ2) is 10.5. The molecule has 2 aromatic heterocycles. The maximum atomic E-state index is 12.8. The van der Waals surface area contributed by atoms with E-state index in [-0.39, 0.29) is 19.2 Å². The maximum absolute atomic E-state index is 12.8. The van der Waals surface area contributed by atoms with Gasteiger partial charge in [-0.1, -0.05) is 18.2 Å². The number of aromatic amines is 1. The number of hydrogen-bond donors (Lipinski definition) is 2. The number of carbonyl (C=O) groups excluding carboxylic acids is 1. The Morgan fingerprint density at radius 3 is 2.50 bits per heavy atom. The van der Waals surface area contributed by atoms with Crippen LogP contribution in [0.25, 0.3) is 39.1 Å². The lowest BCUT2D eigenvalue weighted by Gasteiger charge is -2.12. The first-order valence-corrected chi connectivity index (χ1v) is 12.6. The van der Waals surface area contributed by atoms with Crippen molar-refractivity contribution in [3.63, 3.8) is 0 Å². The highest BCUT2D eigenvalue weighted by molar-refractivity contribution is 6.11. The molecule has 0 bridgehead atoms. The zero-order chi connectivity index (χ0) is 27.6. The average molecular weight is 538 g/mol. The molecule has 0 aliphatic carbocycles. The lowest BCUT2D eigenvalue weighted by molar-refractivity contribution is -0.116. The fourth-order valence-corrected chi connectivity index (χ4v) is 4.85. The highest BCUT2D eigenvalue weighted by Gasteiger charge is 2.18. The number of fused-ring (bicyclic) bond motifs is 4. The van der Waals surface area contributed by atoms with Gasteiger partial charge >= 0.3 is 0 Å². The second-order valence-corrected chi connectivity index (χ2v) is 9.13. The van der Waals surface area contributed by atoms with Crippen LogP contribution in [-0.2, 0) is 11.3 Å². The van der Waals surface area contributed by atoms with Crippen molar-refractivity contribution in [1.82, 2.24) is 15.3 Å². The summed E-state index contributed by atoms with van der Waals surface area (Å²) in [5.41, 5.74) is 5.03. The molecule has 5 aromatic rings. The molecule has 0 atom stereocenters.